The van der Waals surface area contributed by atoms with Crippen LogP contribution in [0.2, 0.25) is 0 Å². The van der Waals surface area contributed by atoms with Crippen LogP contribution in [0.25, 0.3) is 0 Å². The molecule has 7 heteroatoms. The van der Waals surface area contributed by atoms with Crippen LogP contribution >= 0.6 is 12.4 Å². The Bertz CT molecular complexity index is 493. The first-order valence-corrected chi connectivity index (χ1v) is 5.69. The van der Waals surface area contributed by atoms with E-state index in [0.29, 0.717) is 11.3 Å². The highest BCUT2D eigenvalue weighted by Crippen LogP contribution is 2.40. The highest BCUT2D eigenvalue weighted by molar-refractivity contribution is 5.85. The SMILES string of the molecule is CN[C@H]1c2cc([N+](=O)[O-])ccc2OC(C)(C)[C@@H]1O.Cl. The van der Waals surface area contributed by atoms with Crippen LogP contribution in [-0.2, 0) is 0 Å². The number of nitrogens with one attached hydrogen (secondary N) is 1. The minimum atomic E-state index is -0.781. The third-order valence-electron chi connectivity index (χ3n) is 3.25. The number of aliphatic hydroxyl groups excluding tert-OH is 1. The Hall–Kier alpha value is -1.37. The zero-order chi connectivity index (χ0) is 13.5. The Morgan fingerprint density at radius 1 is 1.47 bits per heavy atom. The number of non-ortho nitro benzene ring substituents is 1. The lowest BCUT2D eigenvalue weighted by Crippen LogP contribution is -2.51. The van der Waals surface area contributed by atoms with Crippen molar-refractivity contribution in [1.29, 1.82) is 0 Å². The van der Waals surface area contributed by atoms with E-state index in [1.807, 2.05) is 0 Å². The summed E-state index contributed by atoms with van der Waals surface area (Å²) in [6.07, 6.45) is -0.781. The number of nitro benzene ring substituents is 1. The molecule has 0 saturated heterocycles. The monoisotopic (exact) mass is 288 g/mol. The van der Waals surface area contributed by atoms with Gasteiger partial charge in [-0.25, -0.2) is 0 Å². The van der Waals surface area contributed by atoms with Crippen LogP contribution in [-0.4, -0.2) is 28.8 Å². The third kappa shape index (κ3) is 2.65. The topological polar surface area (TPSA) is 84.6 Å². The van der Waals surface area contributed by atoms with Gasteiger partial charge in [0.25, 0.3) is 5.69 Å². The van der Waals surface area contributed by atoms with Crippen molar-refractivity contribution in [3.05, 3.63) is 33.9 Å². The first-order valence-electron chi connectivity index (χ1n) is 5.69. The van der Waals surface area contributed by atoms with E-state index in [0.717, 1.165) is 0 Å². The van der Waals surface area contributed by atoms with Crippen LogP contribution in [0, 0.1) is 10.1 Å². The largest absolute Gasteiger partial charge is 0.485 e. The molecule has 1 aromatic rings. The molecule has 1 heterocycles. The molecule has 0 radical (unpaired) electrons. The van der Waals surface area contributed by atoms with Crippen molar-refractivity contribution in [2.24, 2.45) is 0 Å². The zero-order valence-electron chi connectivity index (χ0n) is 10.9. The maximum atomic E-state index is 10.8. The molecule has 2 atom stereocenters. The fourth-order valence-electron chi connectivity index (χ4n) is 2.21. The number of rotatable bonds is 2. The first kappa shape index (κ1) is 15.7. The summed E-state index contributed by atoms with van der Waals surface area (Å²) in [6.45, 7) is 3.57. The van der Waals surface area contributed by atoms with Gasteiger partial charge >= 0.3 is 0 Å². The fraction of sp³-hybridized carbons (Fsp3) is 0.500. The molecule has 0 amide bonds. The molecule has 1 aliphatic rings. The van der Waals surface area contributed by atoms with Crippen molar-refractivity contribution >= 4 is 18.1 Å². The van der Waals surface area contributed by atoms with Crippen LogP contribution in [0.15, 0.2) is 18.2 Å². The predicted molar refractivity (Wildman–Crippen MR) is 72.9 cm³/mol. The van der Waals surface area contributed by atoms with Gasteiger partial charge in [-0.05, 0) is 27.0 Å². The lowest BCUT2D eigenvalue weighted by atomic mass is 9.86. The minimum Gasteiger partial charge on any atom is -0.485 e. The van der Waals surface area contributed by atoms with Gasteiger partial charge in [-0.1, -0.05) is 0 Å². The summed E-state index contributed by atoms with van der Waals surface area (Å²) >= 11 is 0. The maximum absolute atomic E-state index is 10.8. The van der Waals surface area contributed by atoms with Gasteiger partial charge in [0, 0.05) is 17.7 Å². The quantitative estimate of drug-likeness (QED) is 0.640. The van der Waals surface area contributed by atoms with E-state index in [-0.39, 0.29) is 24.1 Å². The summed E-state index contributed by atoms with van der Waals surface area (Å²) in [5.41, 5.74) is -0.139. The number of hydrogen-bond acceptors (Lipinski definition) is 5. The Kier molecular flexibility index (Phi) is 4.39. The summed E-state index contributed by atoms with van der Waals surface area (Å²) < 4.78 is 5.69. The average Bonchev–Trinajstić information content (AvgIpc) is 2.30. The lowest BCUT2D eigenvalue weighted by Gasteiger charge is -2.41. The Labute approximate surface area is 117 Å². The van der Waals surface area contributed by atoms with Gasteiger partial charge in [-0.3, -0.25) is 10.1 Å². The zero-order valence-corrected chi connectivity index (χ0v) is 11.7. The van der Waals surface area contributed by atoms with Gasteiger partial charge in [0.1, 0.15) is 17.5 Å². The summed E-state index contributed by atoms with van der Waals surface area (Å²) in [5, 5.41) is 24.0. The number of halogens is 1. The van der Waals surface area contributed by atoms with Crippen LogP contribution in [0.4, 0.5) is 5.69 Å². The van der Waals surface area contributed by atoms with E-state index in [2.05, 4.69) is 5.32 Å². The maximum Gasteiger partial charge on any atom is 0.270 e. The molecular weight excluding hydrogens is 272 g/mol. The van der Waals surface area contributed by atoms with Gasteiger partial charge in [0.05, 0.1) is 11.0 Å². The molecule has 2 N–H and O–H groups in total. The molecule has 0 spiro atoms. The normalized spacial score (nSPS) is 23.8. The van der Waals surface area contributed by atoms with Crippen molar-refractivity contribution in [3.63, 3.8) is 0 Å². The highest BCUT2D eigenvalue weighted by Gasteiger charge is 2.42. The van der Waals surface area contributed by atoms with Crippen LogP contribution in [0.5, 0.6) is 5.75 Å². The number of likely N-dealkylation sites (N-methyl/N-ethyl adjacent to an activating group) is 1. The number of nitrogens with zero attached hydrogens (tertiary/aromatic N) is 1. The molecule has 1 aliphatic heterocycles. The molecule has 0 aliphatic carbocycles. The second-order valence-corrected chi connectivity index (χ2v) is 4.90. The van der Waals surface area contributed by atoms with Gasteiger partial charge < -0.3 is 15.2 Å². The first-order chi connectivity index (χ1) is 8.36. The minimum absolute atomic E-state index is 0. The number of ether oxygens (including phenoxy) is 1. The molecule has 0 aromatic heterocycles. The third-order valence-corrected chi connectivity index (χ3v) is 3.25. The van der Waals surface area contributed by atoms with E-state index in [1.165, 1.54) is 12.1 Å². The summed E-state index contributed by atoms with van der Waals surface area (Å²) in [7, 11) is 1.71. The van der Waals surface area contributed by atoms with Crippen molar-refractivity contribution in [2.45, 2.75) is 31.6 Å². The Morgan fingerprint density at radius 2 is 2.11 bits per heavy atom. The Balaban J connectivity index is 0.00000180. The number of fused-ring (bicyclic) bond motifs is 1. The average molecular weight is 289 g/mol. The lowest BCUT2D eigenvalue weighted by molar-refractivity contribution is -0.385. The smallest absolute Gasteiger partial charge is 0.270 e. The van der Waals surface area contributed by atoms with Gasteiger partial charge in [0.15, 0.2) is 0 Å². The van der Waals surface area contributed by atoms with Crippen molar-refractivity contribution in [3.8, 4) is 5.75 Å². The molecule has 1 aromatic carbocycles. The van der Waals surface area contributed by atoms with Gasteiger partial charge in [-0.2, -0.15) is 0 Å². The van der Waals surface area contributed by atoms with Crippen LogP contribution in [0.1, 0.15) is 25.5 Å². The molecular formula is C12H17ClN2O4. The van der Waals surface area contributed by atoms with Crippen LogP contribution in [0.3, 0.4) is 0 Å². The number of hydrogen-bond donors (Lipinski definition) is 2. The van der Waals surface area contributed by atoms with E-state index >= 15 is 0 Å². The Morgan fingerprint density at radius 3 is 2.63 bits per heavy atom. The molecule has 6 nitrogen and oxygen atoms in total. The predicted octanol–water partition coefficient (Wildman–Crippen LogP) is 1.81. The van der Waals surface area contributed by atoms with E-state index in [1.54, 1.807) is 27.0 Å². The van der Waals surface area contributed by atoms with Crippen molar-refractivity contribution in [1.82, 2.24) is 5.32 Å². The van der Waals surface area contributed by atoms with Crippen molar-refractivity contribution < 1.29 is 14.8 Å². The standard InChI is InChI=1S/C12H16N2O4.ClH/c1-12(2)11(15)10(13-3)8-6-7(14(16)17)4-5-9(8)18-12;/h4-6,10-11,13,15H,1-3H3;1H/t10-,11+;/m0./s1. The molecule has 0 fully saturated rings. The molecule has 2 rings (SSSR count). The highest BCUT2D eigenvalue weighted by atomic mass is 35.5. The van der Waals surface area contributed by atoms with Crippen LogP contribution < -0.4 is 10.1 Å². The number of benzene rings is 1. The van der Waals surface area contributed by atoms with Crippen molar-refractivity contribution in [2.75, 3.05) is 7.05 Å². The van der Waals surface area contributed by atoms with E-state index in [9.17, 15) is 15.2 Å². The molecule has 19 heavy (non-hydrogen) atoms. The molecule has 0 unspecified atom stereocenters. The van der Waals surface area contributed by atoms with E-state index < -0.39 is 16.6 Å². The summed E-state index contributed by atoms with van der Waals surface area (Å²) in [4.78, 5) is 10.3. The van der Waals surface area contributed by atoms with Gasteiger partial charge in [-0.15, -0.1) is 12.4 Å². The molecule has 0 saturated carbocycles. The summed E-state index contributed by atoms with van der Waals surface area (Å²) in [6, 6.07) is 4.03. The molecule has 106 valence electrons. The second-order valence-electron chi connectivity index (χ2n) is 4.90. The molecule has 0 bridgehead atoms. The summed E-state index contributed by atoms with van der Waals surface area (Å²) in [5.74, 6) is 0.565. The van der Waals surface area contributed by atoms with Gasteiger partial charge in [0.2, 0.25) is 0 Å². The number of nitro groups is 1. The number of aliphatic hydroxyl groups is 1. The second kappa shape index (κ2) is 5.32. The fourth-order valence-corrected chi connectivity index (χ4v) is 2.21. The van der Waals surface area contributed by atoms with E-state index in [4.69, 9.17) is 4.74 Å².